The molecule has 2 amide bonds. The number of hydrogen-bond donors (Lipinski definition) is 3. The zero-order valence-electron chi connectivity index (χ0n) is 11.6. The highest BCUT2D eigenvalue weighted by molar-refractivity contribution is 7.07. The number of carboxylic acids is 1. The van der Waals surface area contributed by atoms with Crippen LogP contribution in [0.3, 0.4) is 0 Å². The van der Waals surface area contributed by atoms with Crippen LogP contribution in [-0.4, -0.2) is 23.7 Å². The smallest absolute Gasteiger partial charge is 0.337 e. The second-order valence-corrected chi connectivity index (χ2v) is 5.40. The summed E-state index contributed by atoms with van der Waals surface area (Å²) in [5, 5.41) is 18.4. The van der Waals surface area contributed by atoms with Crippen LogP contribution in [0.5, 0.6) is 0 Å². The summed E-state index contributed by atoms with van der Waals surface area (Å²) >= 11 is 1.61. The van der Waals surface area contributed by atoms with Crippen molar-refractivity contribution in [1.29, 1.82) is 0 Å². The Hall–Kier alpha value is -2.34. The number of carbonyl (C=O) groups is 2. The van der Waals surface area contributed by atoms with Crippen molar-refractivity contribution in [2.75, 3.05) is 11.9 Å². The summed E-state index contributed by atoms with van der Waals surface area (Å²) in [4.78, 5) is 22.9. The van der Waals surface area contributed by atoms with Gasteiger partial charge in [-0.3, -0.25) is 0 Å². The molecule has 0 fully saturated rings. The molecule has 2 rings (SSSR count). The molecule has 1 heterocycles. The highest BCUT2D eigenvalue weighted by atomic mass is 32.1. The Morgan fingerprint density at radius 2 is 2.10 bits per heavy atom. The maximum atomic E-state index is 11.8. The third kappa shape index (κ3) is 4.32. The molecule has 0 unspecified atom stereocenters. The van der Waals surface area contributed by atoms with E-state index in [1.54, 1.807) is 30.4 Å². The number of aryl methyl sites for hydroxylation is 1. The van der Waals surface area contributed by atoms with Gasteiger partial charge >= 0.3 is 12.0 Å². The number of amides is 2. The molecule has 0 saturated heterocycles. The third-order valence-corrected chi connectivity index (χ3v) is 3.67. The zero-order chi connectivity index (χ0) is 15.2. The fourth-order valence-electron chi connectivity index (χ4n) is 1.87. The molecule has 0 aliphatic rings. The van der Waals surface area contributed by atoms with Crippen LogP contribution in [0, 0.1) is 6.92 Å². The van der Waals surface area contributed by atoms with E-state index in [1.807, 2.05) is 16.8 Å². The van der Waals surface area contributed by atoms with E-state index in [9.17, 15) is 9.59 Å². The molecule has 0 aliphatic carbocycles. The van der Waals surface area contributed by atoms with Crippen molar-refractivity contribution in [1.82, 2.24) is 5.32 Å². The first-order chi connectivity index (χ1) is 10.1. The lowest BCUT2D eigenvalue weighted by atomic mass is 10.1. The molecule has 1 aromatic heterocycles. The van der Waals surface area contributed by atoms with Gasteiger partial charge in [0.2, 0.25) is 0 Å². The molecule has 110 valence electrons. The van der Waals surface area contributed by atoms with Crippen LogP contribution in [0.25, 0.3) is 0 Å². The van der Waals surface area contributed by atoms with E-state index in [1.165, 1.54) is 11.6 Å². The van der Waals surface area contributed by atoms with Crippen LogP contribution in [-0.2, 0) is 6.42 Å². The van der Waals surface area contributed by atoms with Crippen molar-refractivity contribution in [2.24, 2.45) is 0 Å². The van der Waals surface area contributed by atoms with Gasteiger partial charge in [-0.05, 0) is 47.9 Å². The number of carbonyl (C=O) groups excluding carboxylic acids is 1. The first-order valence-electron chi connectivity index (χ1n) is 6.46. The number of hydrogen-bond acceptors (Lipinski definition) is 3. The third-order valence-electron chi connectivity index (χ3n) is 2.93. The average molecular weight is 304 g/mol. The van der Waals surface area contributed by atoms with Crippen LogP contribution in [0.4, 0.5) is 10.5 Å². The van der Waals surface area contributed by atoms with Gasteiger partial charge < -0.3 is 15.7 Å². The molecule has 1 aromatic carbocycles. The van der Waals surface area contributed by atoms with Gasteiger partial charge in [0, 0.05) is 6.54 Å². The van der Waals surface area contributed by atoms with Gasteiger partial charge in [-0.15, -0.1) is 0 Å². The van der Waals surface area contributed by atoms with Gasteiger partial charge in [0.25, 0.3) is 0 Å². The molecule has 0 bridgehead atoms. The number of aromatic carboxylic acids is 1. The van der Waals surface area contributed by atoms with E-state index in [2.05, 4.69) is 10.6 Å². The summed E-state index contributed by atoms with van der Waals surface area (Å²) in [6.07, 6.45) is 0.747. The molecular formula is C15H16N2O3S. The second-order valence-electron chi connectivity index (χ2n) is 4.62. The molecule has 2 aromatic rings. The van der Waals surface area contributed by atoms with Crippen molar-refractivity contribution in [2.45, 2.75) is 13.3 Å². The fourth-order valence-corrected chi connectivity index (χ4v) is 2.57. The predicted octanol–water partition coefficient (Wildman–Crippen LogP) is 3.12. The van der Waals surface area contributed by atoms with Crippen LogP contribution < -0.4 is 10.6 Å². The topological polar surface area (TPSA) is 78.4 Å². The maximum absolute atomic E-state index is 11.8. The lowest BCUT2D eigenvalue weighted by Crippen LogP contribution is -2.31. The first-order valence-corrected chi connectivity index (χ1v) is 7.40. The van der Waals surface area contributed by atoms with Gasteiger partial charge in [0.15, 0.2) is 0 Å². The number of rotatable bonds is 5. The number of carboxylic acid groups (broad SMARTS) is 1. The lowest BCUT2D eigenvalue weighted by Gasteiger charge is -2.10. The van der Waals surface area contributed by atoms with Crippen molar-refractivity contribution < 1.29 is 14.7 Å². The second kappa shape index (κ2) is 6.90. The van der Waals surface area contributed by atoms with Gasteiger partial charge in [0.05, 0.1) is 11.3 Å². The van der Waals surface area contributed by atoms with E-state index in [4.69, 9.17) is 5.11 Å². The van der Waals surface area contributed by atoms with E-state index < -0.39 is 12.0 Å². The van der Waals surface area contributed by atoms with Gasteiger partial charge in [-0.1, -0.05) is 11.6 Å². The van der Waals surface area contributed by atoms with Gasteiger partial charge in [-0.25, -0.2) is 9.59 Å². The van der Waals surface area contributed by atoms with Crippen molar-refractivity contribution >= 4 is 29.0 Å². The Bertz CT molecular complexity index is 638. The highest BCUT2D eigenvalue weighted by Gasteiger charge is 2.12. The number of benzene rings is 1. The van der Waals surface area contributed by atoms with Crippen molar-refractivity contribution in [3.63, 3.8) is 0 Å². The number of nitrogens with one attached hydrogen (secondary N) is 2. The lowest BCUT2D eigenvalue weighted by molar-refractivity contribution is 0.0698. The standard InChI is InChI=1S/C15H16N2O3S/c1-10-2-3-13(12(8-10)14(18)19)17-15(20)16-6-4-11-5-7-21-9-11/h2-3,5,7-9H,4,6H2,1H3,(H,18,19)(H2,16,17,20). The minimum atomic E-state index is -1.06. The molecule has 6 heteroatoms. The zero-order valence-corrected chi connectivity index (χ0v) is 12.4. The molecule has 21 heavy (non-hydrogen) atoms. The molecule has 0 radical (unpaired) electrons. The maximum Gasteiger partial charge on any atom is 0.337 e. The van der Waals surface area contributed by atoms with Crippen LogP contribution >= 0.6 is 11.3 Å². The van der Waals surface area contributed by atoms with Crippen molar-refractivity contribution in [3.05, 3.63) is 51.7 Å². The average Bonchev–Trinajstić information content (AvgIpc) is 2.94. The summed E-state index contributed by atoms with van der Waals surface area (Å²) in [6.45, 7) is 2.30. The summed E-state index contributed by atoms with van der Waals surface area (Å²) in [5.41, 5.74) is 2.38. The SMILES string of the molecule is Cc1ccc(NC(=O)NCCc2ccsc2)c(C(=O)O)c1. The number of anilines is 1. The number of urea groups is 1. The van der Waals surface area contributed by atoms with E-state index in [0.717, 1.165) is 12.0 Å². The molecule has 0 atom stereocenters. The molecule has 0 aliphatic heterocycles. The fraction of sp³-hybridized carbons (Fsp3) is 0.200. The summed E-state index contributed by atoms with van der Waals surface area (Å²) in [6, 6.07) is 6.48. The Morgan fingerprint density at radius 3 is 2.76 bits per heavy atom. The first kappa shape index (κ1) is 15.1. The Labute approximate surface area is 126 Å². The van der Waals surface area contributed by atoms with Crippen LogP contribution in [0.1, 0.15) is 21.5 Å². The summed E-state index contributed by atoms with van der Waals surface area (Å²) in [5.74, 6) is -1.06. The molecular weight excluding hydrogens is 288 g/mol. The highest BCUT2D eigenvalue weighted by Crippen LogP contribution is 2.17. The molecule has 0 spiro atoms. The Kier molecular flexibility index (Phi) is 4.94. The van der Waals surface area contributed by atoms with Crippen LogP contribution in [0.2, 0.25) is 0 Å². The Morgan fingerprint density at radius 1 is 1.29 bits per heavy atom. The molecule has 3 N–H and O–H groups in total. The molecule has 0 saturated carbocycles. The van der Waals surface area contributed by atoms with Gasteiger partial charge in [-0.2, -0.15) is 11.3 Å². The van der Waals surface area contributed by atoms with Gasteiger partial charge in [0.1, 0.15) is 0 Å². The Balaban J connectivity index is 1.92. The number of thiophene rings is 1. The van der Waals surface area contributed by atoms with E-state index in [-0.39, 0.29) is 5.56 Å². The van der Waals surface area contributed by atoms with Crippen LogP contribution in [0.15, 0.2) is 35.0 Å². The monoisotopic (exact) mass is 304 g/mol. The predicted molar refractivity (Wildman–Crippen MR) is 83.2 cm³/mol. The minimum Gasteiger partial charge on any atom is -0.478 e. The largest absolute Gasteiger partial charge is 0.478 e. The van der Waals surface area contributed by atoms with E-state index >= 15 is 0 Å². The van der Waals surface area contributed by atoms with Crippen molar-refractivity contribution in [3.8, 4) is 0 Å². The minimum absolute atomic E-state index is 0.0861. The molecule has 5 nitrogen and oxygen atoms in total. The summed E-state index contributed by atoms with van der Waals surface area (Å²) < 4.78 is 0. The normalized spacial score (nSPS) is 10.1. The summed E-state index contributed by atoms with van der Waals surface area (Å²) in [7, 11) is 0. The quantitative estimate of drug-likeness (QED) is 0.794. The van der Waals surface area contributed by atoms with E-state index in [0.29, 0.717) is 12.2 Å².